The number of halogens is 1. The third-order valence-electron chi connectivity index (χ3n) is 0.762. The number of hydrogen-bond donors (Lipinski definition) is 0. The molecule has 4 heteroatoms. The van der Waals surface area contributed by atoms with Gasteiger partial charge in [-0.25, -0.2) is 4.79 Å². The van der Waals surface area contributed by atoms with Crippen LogP contribution in [0.4, 0.5) is 5.69 Å². The van der Waals surface area contributed by atoms with E-state index < -0.39 is 0 Å². The van der Waals surface area contributed by atoms with E-state index in [0.29, 0.717) is 5.69 Å². The predicted octanol–water partition coefficient (Wildman–Crippen LogP) is 2.48. The van der Waals surface area contributed by atoms with Gasteiger partial charge in [0, 0.05) is 10.8 Å². The van der Waals surface area contributed by atoms with Gasteiger partial charge in [0.2, 0.25) is 6.08 Å². The Bertz CT molecular complexity index is 251. The highest BCUT2D eigenvalue weighted by Crippen LogP contribution is 2.28. The van der Waals surface area contributed by atoms with Crippen molar-refractivity contribution in [3.8, 4) is 0 Å². The first-order chi connectivity index (χ1) is 4.34. The Balaban J connectivity index is 3.07. The van der Waals surface area contributed by atoms with Crippen molar-refractivity contribution in [2.75, 3.05) is 0 Å². The quantitative estimate of drug-likeness (QED) is 0.510. The number of aliphatic imine (C=N–C) groups is 1. The maximum atomic E-state index is 9.72. The number of thiophene rings is 1. The highest BCUT2D eigenvalue weighted by molar-refractivity contribution is 9.10. The Labute approximate surface area is 64.4 Å². The van der Waals surface area contributed by atoms with Crippen LogP contribution in [0.25, 0.3) is 0 Å². The average Bonchev–Trinajstić information content (AvgIpc) is 2.18. The van der Waals surface area contributed by atoms with E-state index in [4.69, 9.17) is 0 Å². The van der Waals surface area contributed by atoms with Gasteiger partial charge in [0.25, 0.3) is 0 Å². The molecule has 0 bridgehead atoms. The van der Waals surface area contributed by atoms with Crippen molar-refractivity contribution >= 4 is 39.0 Å². The van der Waals surface area contributed by atoms with Crippen molar-refractivity contribution in [3.63, 3.8) is 0 Å². The van der Waals surface area contributed by atoms with Gasteiger partial charge < -0.3 is 0 Å². The van der Waals surface area contributed by atoms with E-state index in [2.05, 4.69) is 20.9 Å². The molecule has 2 nitrogen and oxygen atoms in total. The molecule has 0 unspecified atom stereocenters. The highest BCUT2D eigenvalue weighted by Gasteiger charge is 1.95. The summed E-state index contributed by atoms with van der Waals surface area (Å²) in [5.74, 6) is 0. The number of carbonyl (C=O) groups excluding carboxylic acids is 1. The fourth-order valence-electron chi connectivity index (χ4n) is 0.404. The molecule has 0 aliphatic heterocycles. The molecule has 0 spiro atoms. The zero-order chi connectivity index (χ0) is 6.69. The summed E-state index contributed by atoms with van der Waals surface area (Å²) >= 11 is 4.69. The maximum Gasteiger partial charge on any atom is 0.240 e. The van der Waals surface area contributed by atoms with Crippen LogP contribution < -0.4 is 0 Å². The maximum absolute atomic E-state index is 9.72. The van der Waals surface area contributed by atoms with E-state index in [0.717, 1.165) is 4.47 Å². The zero-order valence-electron chi connectivity index (χ0n) is 4.30. The molecule has 9 heavy (non-hydrogen) atoms. The van der Waals surface area contributed by atoms with Crippen LogP contribution >= 0.6 is 27.3 Å². The van der Waals surface area contributed by atoms with Gasteiger partial charge in [-0.2, -0.15) is 4.99 Å². The minimum atomic E-state index is 0.648. The smallest absolute Gasteiger partial charge is 0.211 e. The van der Waals surface area contributed by atoms with Gasteiger partial charge in [-0.1, -0.05) is 0 Å². The van der Waals surface area contributed by atoms with Crippen LogP contribution in [0.2, 0.25) is 0 Å². The summed E-state index contributed by atoms with van der Waals surface area (Å²) in [6.45, 7) is 0. The lowest BCUT2D eigenvalue weighted by atomic mass is 10.6. The van der Waals surface area contributed by atoms with Crippen LogP contribution in [0.3, 0.4) is 0 Å². The highest BCUT2D eigenvalue weighted by atomic mass is 79.9. The minimum Gasteiger partial charge on any atom is -0.211 e. The van der Waals surface area contributed by atoms with E-state index >= 15 is 0 Å². The summed E-state index contributed by atoms with van der Waals surface area (Å²) < 4.78 is 0.843. The molecule has 0 amide bonds. The molecule has 0 N–H and O–H groups in total. The Morgan fingerprint density at radius 3 is 2.89 bits per heavy atom. The fraction of sp³-hybridized carbons (Fsp3) is 0. The van der Waals surface area contributed by atoms with Crippen LogP contribution in [0.5, 0.6) is 0 Å². The molecule has 1 aromatic heterocycles. The lowest BCUT2D eigenvalue weighted by Gasteiger charge is -1.78. The second kappa shape index (κ2) is 2.92. The predicted molar refractivity (Wildman–Crippen MR) is 39.8 cm³/mol. The second-order valence-corrected chi connectivity index (χ2v) is 2.91. The van der Waals surface area contributed by atoms with Crippen molar-refractivity contribution in [1.29, 1.82) is 0 Å². The van der Waals surface area contributed by atoms with E-state index in [9.17, 15) is 4.79 Å². The number of isocyanates is 1. The van der Waals surface area contributed by atoms with Crippen LogP contribution in [-0.2, 0) is 4.79 Å². The van der Waals surface area contributed by atoms with Crippen LogP contribution in [0, 0.1) is 0 Å². The van der Waals surface area contributed by atoms with E-state index in [1.165, 1.54) is 17.4 Å². The molecule has 1 heterocycles. The molecule has 0 fully saturated rings. The third-order valence-corrected chi connectivity index (χ3v) is 2.43. The first-order valence-corrected chi connectivity index (χ1v) is 3.87. The molecule has 46 valence electrons. The van der Waals surface area contributed by atoms with Crippen molar-refractivity contribution < 1.29 is 4.79 Å². The number of rotatable bonds is 1. The van der Waals surface area contributed by atoms with E-state index in [-0.39, 0.29) is 0 Å². The third kappa shape index (κ3) is 1.48. The Hall–Kier alpha value is -0.440. The van der Waals surface area contributed by atoms with Crippen LogP contribution in [-0.4, -0.2) is 6.08 Å². The first kappa shape index (κ1) is 6.68. The van der Waals surface area contributed by atoms with Gasteiger partial charge in [-0.15, -0.1) is 11.3 Å². The van der Waals surface area contributed by atoms with Crippen molar-refractivity contribution in [2.24, 2.45) is 4.99 Å². The Kier molecular flexibility index (Phi) is 2.16. The van der Waals surface area contributed by atoms with Crippen LogP contribution in [0.1, 0.15) is 0 Å². The zero-order valence-corrected chi connectivity index (χ0v) is 6.70. The number of nitrogens with zero attached hydrogens (tertiary/aromatic N) is 1. The van der Waals surface area contributed by atoms with Crippen LogP contribution in [0.15, 0.2) is 20.2 Å². The summed E-state index contributed by atoms with van der Waals surface area (Å²) in [6, 6.07) is 0. The summed E-state index contributed by atoms with van der Waals surface area (Å²) in [5, 5.41) is 3.63. The normalized spacial score (nSPS) is 8.56. The molecule has 0 aromatic carbocycles. The molecule has 1 aromatic rings. The first-order valence-electron chi connectivity index (χ1n) is 2.14. The molecular formula is C5H2BrNOS. The van der Waals surface area contributed by atoms with Gasteiger partial charge >= 0.3 is 0 Å². The Morgan fingerprint density at radius 1 is 1.67 bits per heavy atom. The Morgan fingerprint density at radius 2 is 2.44 bits per heavy atom. The van der Waals surface area contributed by atoms with Gasteiger partial charge in [-0.05, 0) is 15.9 Å². The lowest BCUT2D eigenvalue weighted by molar-refractivity contribution is 0.565. The summed E-state index contributed by atoms with van der Waals surface area (Å²) in [6.07, 6.45) is 1.46. The lowest BCUT2D eigenvalue weighted by Crippen LogP contribution is -1.53. The largest absolute Gasteiger partial charge is 0.240 e. The minimum absolute atomic E-state index is 0.648. The van der Waals surface area contributed by atoms with E-state index in [1.54, 1.807) is 5.38 Å². The molecule has 1 rings (SSSR count). The average molecular weight is 204 g/mol. The SMILES string of the molecule is O=C=Nc1cscc1Br. The summed E-state index contributed by atoms with van der Waals surface area (Å²) in [7, 11) is 0. The topological polar surface area (TPSA) is 29.4 Å². The van der Waals surface area contributed by atoms with Crippen molar-refractivity contribution in [1.82, 2.24) is 0 Å². The number of hydrogen-bond acceptors (Lipinski definition) is 3. The molecule has 0 atom stereocenters. The summed E-state index contributed by atoms with van der Waals surface area (Å²) in [4.78, 5) is 13.1. The van der Waals surface area contributed by atoms with Gasteiger partial charge in [0.05, 0.1) is 4.47 Å². The molecule has 0 radical (unpaired) electrons. The molecular weight excluding hydrogens is 202 g/mol. The second-order valence-electron chi connectivity index (χ2n) is 1.31. The fourth-order valence-corrected chi connectivity index (χ4v) is 1.70. The van der Waals surface area contributed by atoms with Gasteiger partial charge in [0.1, 0.15) is 5.69 Å². The molecule has 0 aliphatic carbocycles. The molecule has 0 saturated carbocycles. The van der Waals surface area contributed by atoms with E-state index in [1.807, 2.05) is 5.38 Å². The molecule has 0 aliphatic rings. The monoisotopic (exact) mass is 203 g/mol. The van der Waals surface area contributed by atoms with Gasteiger partial charge in [-0.3, -0.25) is 0 Å². The van der Waals surface area contributed by atoms with Crippen molar-refractivity contribution in [2.45, 2.75) is 0 Å². The van der Waals surface area contributed by atoms with Crippen molar-refractivity contribution in [3.05, 3.63) is 15.2 Å². The summed E-state index contributed by atoms with van der Waals surface area (Å²) in [5.41, 5.74) is 0.648. The molecule has 0 saturated heterocycles. The standard InChI is InChI=1S/C5H2BrNOS/c6-4-1-9-2-5(4)7-3-8/h1-2H. The van der Waals surface area contributed by atoms with Gasteiger partial charge in [0.15, 0.2) is 0 Å².